The van der Waals surface area contributed by atoms with Crippen molar-refractivity contribution in [1.82, 2.24) is 18.9 Å². The van der Waals surface area contributed by atoms with Crippen LogP contribution in [0.25, 0.3) is 22.4 Å². The average Bonchev–Trinajstić information content (AvgIpc) is 3.35. The number of aromatic nitrogens is 4. The van der Waals surface area contributed by atoms with Crippen LogP contribution in [-0.4, -0.2) is 29.9 Å². The van der Waals surface area contributed by atoms with E-state index in [-0.39, 0.29) is 5.75 Å². The fourth-order valence-electron chi connectivity index (χ4n) is 3.92. The predicted molar refractivity (Wildman–Crippen MR) is 106 cm³/mol. The molecule has 1 fully saturated rings. The number of fused-ring (bicyclic) bond motifs is 3. The van der Waals surface area contributed by atoms with Crippen LogP contribution < -0.4 is 11.5 Å². The standard InChI is InChI=1S/C20H20N6O2/c1-9-3-6-13(27)10(2)16(9)25-7-12(18(22)28)14-19(25)23-8-26-17(21)15(11-4-5-11)24-20(14)26/h3,6-8,11,27H,4-5,21H2,1-2H3,(H2,22,28). The van der Waals surface area contributed by atoms with Gasteiger partial charge in [-0.05, 0) is 38.3 Å². The second-order valence-corrected chi connectivity index (χ2v) is 7.45. The van der Waals surface area contributed by atoms with Crippen LogP contribution in [0.4, 0.5) is 5.82 Å². The maximum absolute atomic E-state index is 12.2. The van der Waals surface area contributed by atoms with Gasteiger partial charge < -0.3 is 16.6 Å². The number of hydrogen-bond acceptors (Lipinski definition) is 5. The van der Waals surface area contributed by atoms with Gasteiger partial charge in [0.2, 0.25) is 0 Å². The Morgan fingerprint density at radius 2 is 2.00 bits per heavy atom. The maximum Gasteiger partial charge on any atom is 0.251 e. The topological polar surface area (TPSA) is 124 Å². The molecular formula is C20H20N6O2. The number of rotatable bonds is 3. The summed E-state index contributed by atoms with van der Waals surface area (Å²) in [5.41, 5.74) is 16.7. The molecule has 1 aliphatic rings. The third-order valence-corrected chi connectivity index (χ3v) is 5.55. The van der Waals surface area contributed by atoms with Crippen LogP contribution in [0.5, 0.6) is 5.75 Å². The van der Waals surface area contributed by atoms with Gasteiger partial charge in [0.05, 0.1) is 22.3 Å². The Kier molecular flexibility index (Phi) is 3.25. The van der Waals surface area contributed by atoms with E-state index < -0.39 is 5.91 Å². The van der Waals surface area contributed by atoms with Gasteiger partial charge in [0.25, 0.3) is 5.91 Å². The molecule has 1 saturated carbocycles. The number of primary amides is 1. The lowest BCUT2D eigenvalue weighted by atomic mass is 10.1. The van der Waals surface area contributed by atoms with E-state index in [4.69, 9.17) is 16.5 Å². The number of imidazole rings is 1. The lowest BCUT2D eigenvalue weighted by Crippen LogP contribution is -2.10. The number of phenols is 1. The van der Waals surface area contributed by atoms with Crippen LogP contribution in [0.1, 0.15) is 45.9 Å². The van der Waals surface area contributed by atoms with Crippen molar-refractivity contribution >= 4 is 28.4 Å². The number of benzene rings is 1. The number of hydrogen-bond donors (Lipinski definition) is 3. The number of phenolic OH excluding ortho intramolecular Hbond substituents is 1. The van der Waals surface area contributed by atoms with Crippen LogP contribution >= 0.6 is 0 Å². The van der Waals surface area contributed by atoms with Crippen LogP contribution in [0.15, 0.2) is 24.7 Å². The van der Waals surface area contributed by atoms with Crippen molar-refractivity contribution in [2.24, 2.45) is 5.73 Å². The smallest absolute Gasteiger partial charge is 0.251 e. The molecule has 5 rings (SSSR count). The quantitative estimate of drug-likeness (QED) is 0.507. The minimum absolute atomic E-state index is 0.172. The Morgan fingerprint density at radius 3 is 2.68 bits per heavy atom. The zero-order valence-corrected chi connectivity index (χ0v) is 15.6. The molecule has 1 aliphatic carbocycles. The summed E-state index contributed by atoms with van der Waals surface area (Å²) in [5.74, 6) is 0.526. The number of amides is 1. The second kappa shape index (κ2) is 5.48. The summed E-state index contributed by atoms with van der Waals surface area (Å²) in [6.45, 7) is 3.76. The molecule has 4 aromatic rings. The number of carbonyl (C=O) groups excluding carboxylic acids is 1. The highest BCUT2D eigenvalue weighted by Gasteiger charge is 2.31. The third-order valence-electron chi connectivity index (χ3n) is 5.55. The molecule has 3 aromatic heterocycles. The highest BCUT2D eigenvalue weighted by Crippen LogP contribution is 2.43. The van der Waals surface area contributed by atoms with E-state index in [1.54, 1.807) is 27.6 Å². The lowest BCUT2D eigenvalue weighted by Gasteiger charge is -2.13. The van der Waals surface area contributed by atoms with Crippen molar-refractivity contribution in [3.05, 3.63) is 47.0 Å². The third kappa shape index (κ3) is 2.14. The monoisotopic (exact) mass is 376 g/mol. The van der Waals surface area contributed by atoms with Crippen LogP contribution in [-0.2, 0) is 0 Å². The van der Waals surface area contributed by atoms with Gasteiger partial charge in [-0.15, -0.1) is 0 Å². The van der Waals surface area contributed by atoms with Crippen molar-refractivity contribution in [2.45, 2.75) is 32.6 Å². The molecule has 28 heavy (non-hydrogen) atoms. The summed E-state index contributed by atoms with van der Waals surface area (Å²) in [4.78, 5) is 21.6. The zero-order chi connectivity index (χ0) is 19.7. The van der Waals surface area contributed by atoms with Gasteiger partial charge in [0, 0.05) is 17.7 Å². The first-order chi connectivity index (χ1) is 13.4. The molecule has 0 unspecified atom stereocenters. The number of aryl methyl sites for hydroxylation is 1. The predicted octanol–water partition coefficient (Wildman–Crippen LogP) is 2.55. The van der Waals surface area contributed by atoms with E-state index in [2.05, 4.69) is 4.98 Å². The van der Waals surface area contributed by atoms with Gasteiger partial charge in [-0.25, -0.2) is 9.97 Å². The van der Waals surface area contributed by atoms with Crippen LogP contribution in [0.2, 0.25) is 0 Å². The van der Waals surface area contributed by atoms with Gasteiger partial charge in [0.1, 0.15) is 17.9 Å². The molecule has 3 heterocycles. The fourth-order valence-corrected chi connectivity index (χ4v) is 3.92. The molecule has 0 spiro atoms. The first-order valence-corrected chi connectivity index (χ1v) is 9.15. The molecule has 0 aliphatic heterocycles. The number of nitrogen functional groups attached to an aromatic ring is 1. The number of nitrogens with zero attached hydrogens (tertiary/aromatic N) is 4. The SMILES string of the molecule is Cc1ccc(O)c(C)c1-n1cc(C(N)=O)c2c1ncn1c(N)c(C3CC3)nc21. The Labute approximate surface area is 160 Å². The fraction of sp³-hybridized carbons (Fsp3) is 0.250. The molecule has 8 heteroatoms. The molecule has 5 N–H and O–H groups in total. The molecule has 0 radical (unpaired) electrons. The largest absolute Gasteiger partial charge is 0.508 e. The summed E-state index contributed by atoms with van der Waals surface area (Å²) in [6.07, 6.45) is 5.42. The van der Waals surface area contributed by atoms with Crippen molar-refractivity contribution in [1.29, 1.82) is 0 Å². The molecule has 0 bridgehead atoms. The van der Waals surface area contributed by atoms with Crippen LogP contribution in [0, 0.1) is 13.8 Å². The van der Waals surface area contributed by atoms with Gasteiger partial charge in [-0.2, -0.15) is 0 Å². The van der Waals surface area contributed by atoms with E-state index in [1.807, 2.05) is 19.9 Å². The van der Waals surface area contributed by atoms with Gasteiger partial charge in [-0.3, -0.25) is 13.8 Å². The van der Waals surface area contributed by atoms with Gasteiger partial charge >= 0.3 is 0 Å². The summed E-state index contributed by atoms with van der Waals surface area (Å²) in [6, 6.07) is 3.47. The highest BCUT2D eigenvalue weighted by atomic mass is 16.3. The number of carbonyl (C=O) groups is 1. The second-order valence-electron chi connectivity index (χ2n) is 7.45. The van der Waals surface area contributed by atoms with Gasteiger partial charge in [-0.1, -0.05) is 6.07 Å². The summed E-state index contributed by atoms with van der Waals surface area (Å²) < 4.78 is 3.51. The van der Waals surface area contributed by atoms with E-state index in [0.717, 1.165) is 29.8 Å². The first-order valence-electron chi connectivity index (χ1n) is 9.15. The minimum Gasteiger partial charge on any atom is -0.508 e. The first kappa shape index (κ1) is 16.6. The maximum atomic E-state index is 12.2. The van der Waals surface area contributed by atoms with Crippen molar-refractivity contribution in [3.63, 3.8) is 0 Å². The molecule has 1 aromatic carbocycles. The van der Waals surface area contributed by atoms with E-state index in [9.17, 15) is 9.90 Å². The summed E-state index contributed by atoms with van der Waals surface area (Å²) in [7, 11) is 0. The van der Waals surface area contributed by atoms with E-state index in [1.165, 1.54) is 0 Å². The number of anilines is 1. The Hall–Kier alpha value is -3.55. The normalized spacial score (nSPS) is 14.2. The molecule has 1 amide bonds. The average molecular weight is 376 g/mol. The molecule has 142 valence electrons. The van der Waals surface area contributed by atoms with E-state index in [0.29, 0.717) is 39.5 Å². The molecule has 0 atom stereocenters. The molecule has 8 nitrogen and oxygen atoms in total. The highest BCUT2D eigenvalue weighted by molar-refractivity contribution is 6.11. The molecular weight excluding hydrogens is 356 g/mol. The summed E-state index contributed by atoms with van der Waals surface area (Å²) in [5, 5.41) is 10.8. The van der Waals surface area contributed by atoms with Crippen molar-refractivity contribution in [3.8, 4) is 11.4 Å². The Bertz CT molecular complexity index is 1300. The Morgan fingerprint density at radius 1 is 1.25 bits per heavy atom. The van der Waals surface area contributed by atoms with Crippen molar-refractivity contribution in [2.75, 3.05) is 5.73 Å². The zero-order valence-electron chi connectivity index (χ0n) is 15.6. The number of aromatic hydroxyl groups is 1. The van der Waals surface area contributed by atoms with Crippen LogP contribution in [0.3, 0.4) is 0 Å². The minimum atomic E-state index is -0.566. The Balaban J connectivity index is 1.91. The van der Waals surface area contributed by atoms with E-state index >= 15 is 0 Å². The van der Waals surface area contributed by atoms with Crippen molar-refractivity contribution < 1.29 is 9.90 Å². The molecule has 0 saturated heterocycles. The van der Waals surface area contributed by atoms with Gasteiger partial charge in [0.15, 0.2) is 11.3 Å². The number of nitrogens with two attached hydrogens (primary N) is 2. The summed E-state index contributed by atoms with van der Waals surface area (Å²) >= 11 is 0. The lowest BCUT2D eigenvalue weighted by molar-refractivity contribution is 0.100.